The van der Waals surface area contributed by atoms with Crippen molar-refractivity contribution in [1.82, 2.24) is 0 Å². The van der Waals surface area contributed by atoms with Crippen LogP contribution in [0.1, 0.15) is 88.7 Å². The van der Waals surface area contributed by atoms with E-state index in [0.717, 1.165) is 63.0 Å². The molecule has 2 bridgehead atoms. The van der Waals surface area contributed by atoms with Gasteiger partial charge in [-0.05, 0) is 111 Å². The van der Waals surface area contributed by atoms with Gasteiger partial charge in [0.1, 0.15) is 11.9 Å². The fourth-order valence-corrected chi connectivity index (χ4v) is 7.77. The maximum atomic E-state index is 12.5. The summed E-state index contributed by atoms with van der Waals surface area (Å²) >= 11 is 0. The minimum atomic E-state index is -0.289. The maximum Gasteiger partial charge on any atom is 0.344 e. The summed E-state index contributed by atoms with van der Waals surface area (Å²) in [7, 11) is 0. The molecule has 4 aliphatic rings. The highest BCUT2D eigenvalue weighted by atomic mass is 16.6. The lowest BCUT2D eigenvalue weighted by Crippen LogP contribution is -2.29. The van der Waals surface area contributed by atoms with Gasteiger partial charge in [-0.1, -0.05) is 38.3 Å². The summed E-state index contributed by atoms with van der Waals surface area (Å²) in [5.41, 5.74) is 2.49. The van der Waals surface area contributed by atoms with Gasteiger partial charge in [0.25, 0.3) is 0 Å². The molecular formula is C30H44O5. The normalized spacial score (nSPS) is 33.9. The van der Waals surface area contributed by atoms with Crippen LogP contribution in [0, 0.1) is 29.6 Å². The molecule has 194 valence electrons. The van der Waals surface area contributed by atoms with Crippen molar-refractivity contribution in [1.29, 1.82) is 0 Å². The predicted octanol–water partition coefficient (Wildman–Crippen LogP) is 5.23. The summed E-state index contributed by atoms with van der Waals surface area (Å²) in [6.45, 7) is 2.16. The number of benzene rings is 1. The van der Waals surface area contributed by atoms with Crippen molar-refractivity contribution in [2.45, 2.75) is 109 Å². The first-order valence-corrected chi connectivity index (χ1v) is 14.3. The second-order valence-corrected chi connectivity index (χ2v) is 11.9. The van der Waals surface area contributed by atoms with E-state index >= 15 is 0 Å². The topological polar surface area (TPSA) is 76.0 Å². The largest absolute Gasteiger partial charge is 0.482 e. The summed E-state index contributed by atoms with van der Waals surface area (Å²) in [6.07, 6.45) is 12.9. The molecule has 1 aromatic carbocycles. The summed E-state index contributed by atoms with van der Waals surface area (Å²) in [5, 5.41) is 21.3. The monoisotopic (exact) mass is 484 g/mol. The van der Waals surface area contributed by atoms with Gasteiger partial charge in [0.15, 0.2) is 6.61 Å². The number of ether oxygens (including phenoxy) is 2. The van der Waals surface area contributed by atoms with Gasteiger partial charge in [0.2, 0.25) is 0 Å². The Bertz CT molecular complexity index is 868. The third-order valence-corrected chi connectivity index (χ3v) is 9.62. The number of carbonyl (C=O) groups is 1. The highest BCUT2D eigenvalue weighted by molar-refractivity contribution is 5.71. The van der Waals surface area contributed by atoms with E-state index in [1.54, 1.807) is 0 Å². The Labute approximate surface area is 210 Å². The summed E-state index contributed by atoms with van der Waals surface area (Å²) < 4.78 is 11.8. The van der Waals surface area contributed by atoms with Crippen LogP contribution in [0.2, 0.25) is 0 Å². The number of esters is 1. The van der Waals surface area contributed by atoms with Crippen LogP contribution in [0.5, 0.6) is 5.75 Å². The average Bonchev–Trinajstić information content (AvgIpc) is 3.54. The fraction of sp³-hybridized carbons (Fsp3) is 0.767. The van der Waals surface area contributed by atoms with Crippen LogP contribution in [-0.4, -0.2) is 41.1 Å². The Morgan fingerprint density at radius 2 is 1.97 bits per heavy atom. The van der Waals surface area contributed by atoms with Crippen LogP contribution in [0.3, 0.4) is 0 Å². The van der Waals surface area contributed by atoms with E-state index in [9.17, 15) is 15.0 Å². The molecule has 3 fully saturated rings. The number of aliphatic hydroxyl groups is 2. The zero-order valence-electron chi connectivity index (χ0n) is 21.4. The minimum Gasteiger partial charge on any atom is -0.482 e. The number of fused-ring (bicyclic) bond motifs is 4. The third kappa shape index (κ3) is 5.72. The molecule has 5 heteroatoms. The van der Waals surface area contributed by atoms with Crippen molar-refractivity contribution >= 4 is 5.97 Å². The number of unbranched alkanes of at least 4 members (excludes halogenated alkanes) is 2. The van der Waals surface area contributed by atoms with Crippen molar-refractivity contribution in [3.05, 3.63) is 29.3 Å². The van der Waals surface area contributed by atoms with Gasteiger partial charge in [0.05, 0.1) is 12.2 Å². The summed E-state index contributed by atoms with van der Waals surface area (Å²) in [6, 6.07) is 6.17. The molecule has 0 radical (unpaired) electrons. The lowest BCUT2D eigenvalue weighted by Gasteiger charge is -2.32. The van der Waals surface area contributed by atoms with Crippen LogP contribution < -0.4 is 4.74 Å². The maximum absolute atomic E-state index is 12.5. The molecule has 8 unspecified atom stereocenters. The molecule has 5 rings (SSSR count). The molecule has 5 nitrogen and oxygen atoms in total. The molecule has 0 aliphatic heterocycles. The molecule has 0 heterocycles. The zero-order valence-corrected chi connectivity index (χ0v) is 21.4. The first-order valence-electron chi connectivity index (χ1n) is 14.3. The first-order chi connectivity index (χ1) is 17.0. The van der Waals surface area contributed by atoms with E-state index in [1.807, 2.05) is 12.1 Å². The Morgan fingerprint density at radius 3 is 2.74 bits per heavy atom. The Balaban J connectivity index is 1.15. The van der Waals surface area contributed by atoms with E-state index in [-0.39, 0.29) is 36.8 Å². The quantitative estimate of drug-likeness (QED) is 0.332. The van der Waals surface area contributed by atoms with E-state index in [0.29, 0.717) is 17.8 Å². The fourth-order valence-electron chi connectivity index (χ4n) is 7.77. The molecule has 0 aromatic heterocycles. The number of carbonyl (C=O) groups excluding carboxylic acids is 1. The summed E-state index contributed by atoms with van der Waals surface area (Å²) in [5.74, 6) is 3.02. The minimum absolute atomic E-state index is 0.0282. The van der Waals surface area contributed by atoms with Crippen molar-refractivity contribution in [2.75, 3.05) is 6.61 Å². The molecule has 2 N–H and O–H groups in total. The predicted molar refractivity (Wildman–Crippen MR) is 135 cm³/mol. The van der Waals surface area contributed by atoms with E-state index < -0.39 is 0 Å². The second kappa shape index (κ2) is 11.2. The van der Waals surface area contributed by atoms with Crippen LogP contribution in [0.4, 0.5) is 0 Å². The van der Waals surface area contributed by atoms with Crippen LogP contribution in [-0.2, 0) is 22.4 Å². The van der Waals surface area contributed by atoms with Gasteiger partial charge in [-0.3, -0.25) is 0 Å². The number of aliphatic hydroxyl groups excluding tert-OH is 2. The van der Waals surface area contributed by atoms with Gasteiger partial charge in [-0.15, -0.1) is 0 Å². The van der Waals surface area contributed by atoms with Gasteiger partial charge >= 0.3 is 5.97 Å². The average molecular weight is 485 g/mol. The van der Waals surface area contributed by atoms with Crippen molar-refractivity contribution in [3.8, 4) is 5.75 Å². The highest BCUT2D eigenvalue weighted by Gasteiger charge is 2.45. The van der Waals surface area contributed by atoms with Crippen LogP contribution >= 0.6 is 0 Å². The van der Waals surface area contributed by atoms with Gasteiger partial charge in [-0.25, -0.2) is 4.79 Å². The van der Waals surface area contributed by atoms with E-state index in [1.165, 1.54) is 43.2 Å². The molecule has 0 saturated heterocycles. The molecule has 8 atom stereocenters. The van der Waals surface area contributed by atoms with Crippen molar-refractivity contribution < 1.29 is 24.5 Å². The van der Waals surface area contributed by atoms with E-state index in [2.05, 4.69) is 13.0 Å². The molecular weight excluding hydrogens is 440 g/mol. The molecule has 0 spiro atoms. The lowest BCUT2D eigenvalue weighted by molar-refractivity contribution is -0.153. The van der Waals surface area contributed by atoms with Crippen LogP contribution in [0.25, 0.3) is 0 Å². The molecule has 4 aliphatic carbocycles. The summed E-state index contributed by atoms with van der Waals surface area (Å²) in [4.78, 5) is 12.5. The SMILES string of the molecule is CCCCCC(O)CCC1C(O)CC2Cc3c(cccc3OCC(=O)OC3CC4CCC3C4)CC21. The Kier molecular flexibility index (Phi) is 8.03. The van der Waals surface area contributed by atoms with Gasteiger partial charge in [0, 0.05) is 0 Å². The Morgan fingerprint density at radius 1 is 1.09 bits per heavy atom. The van der Waals surface area contributed by atoms with Gasteiger partial charge in [-0.2, -0.15) is 0 Å². The number of hydrogen-bond acceptors (Lipinski definition) is 5. The van der Waals surface area contributed by atoms with Crippen molar-refractivity contribution in [3.63, 3.8) is 0 Å². The lowest BCUT2D eigenvalue weighted by atomic mass is 9.73. The second-order valence-electron chi connectivity index (χ2n) is 11.9. The smallest absolute Gasteiger partial charge is 0.344 e. The molecule has 3 saturated carbocycles. The van der Waals surface area contributed by atoms with Crippen LogP contribution in [0.15, 0.2) is 18.2 Å². The number of hydrogen-bond donors (Lipinski definition) is 2. The Hall–Kier alpha value is -1.59. The highest BCUT2D eigenvalue weighted by Crippen LogP contribution is 2.49. The van der Waals surface area contributed by atoms with Gasteiger partial charge < -0.3 is 19.7 Å². The molecule has 35 heavy (non-hydrogen) atoms. The first kappa shape index (κ1) is 25.1. The standard InChI is InChI=1S/C30H44O5/c1-2-3-4-7-23(31)11-12-24-25-15-20-6-5-8-28(26(20)16-22(25)17-27(24)32)34-18-30(33)35-29-14-19-9-10-21(29)13-19/h5-6,8,19,21-25,27,29,31-32H,2-4,7,9-18H2,1H3. The molecule has 1 aromatic rings. The third-order valence-electron chi connectivity index (χ3n) is 9.62. The van der Waals surface area contributed by atoms with Crippen molar-refractivity contribution in [2.24, 2.45) is 29.6 Å². The molecule has 0 amide bonds. The number of rotatable bonds is 11. The van der Waals surface area contributed by atoms with E-state index in [4.69, 9.17) is 9.47 Å². The zero-order chi connectivity index (χ0) is 24.4.